The fourth-order valence-corrected chi connectivity index (χ4v) is 17.8. The summed E-state index contributed by atoms with van der Waals surface area (Å²) in [4.78, 5) is 271. The van der Waals surface area contributed by atoms with E-state index >= 15 is 38.4 Å². The number of aliphatic hydroxyl groups is 1. The number of imidazole rings is 1. The lowest BCUT2D eigenvalue weighted by Crippen LogP contribution is -2.63. The summed E-state index contributed by atoms with van der Waals surface area (Å²) < 4.78 is 0. The van der Waals surface area contributed by atoms with Gasteiger partial charge in [0.1, 0.15) is 84.6 Å². The number of nitrogens with two attached hydrogens (primary N) is 2. The number of hydrogen-bond donors (Lipinski definition) is 18. The molecule has 17 amide bonds. The normalized spacial score (nSPS) is 24.3. The van der Waals surface area contributed by atoms with Crippen molar-refractivity contribution in [2.24, 2.45) is 17.4 Å². The van der Waals surface area contributed by atoms with E-state index in [-0.39, 0.29) is 108 Å². The Kier molecular flexibility index (Phi) is 40.0. The number of nitrogens with zero attached hydrogens (tertiary/aromatic N) is 6. The van der Waals surface area contributed by atoms with Crippen LogP contribution in [0.3, 0.4) is 0 Å². The zero-order valence-corrected chi connectivity index (χ0v) is 78.8. The van der Waals surface area contributed by atoms with Gasteiger partial charge in [0, 0.05) is 118 Å². The van der Waals surface area contributed by atoms with Crippen LogP contribution in [0.2, 0.25) is 0 Å². The first-order valence-electron chi connectivity index (χ1n) is 46.1. The number of H-pyrrole nitrogens is 3. The predicted molar refractivity (Wildman–Crippen MR) is 503 cm³/mol. The van der Waals surface area contributed by atoms with Gasteiger partial charge in [-0.05, 0) is 113 Å². The van der Waals surface area contributed by atoms with Crippen LogP contribution in [0.4, 0.5) is 0 Å². The van der Waals surface area contributed by atoms with Gasteiger partial charge in [0.25, 0.3) is 0 Å². The first-order chi connectivity index (χ1) is 64.5. The number of aromatic nitrogens is 4. The van der Waals surface area contributed by atoms with Gasteiger partial charge in [0.05, 0.1) is 37.5 Å². The number of aromatic amines is 3. The number of amides is 17. The van der Waals surface area contributed by atoms with Crippen LogP contribution in [-0.4, -0.2) is 306 Å². The highest BCUT2D eigenvalue weighted by Gasteiger charge is 2.45. The van der Waals surface area contributed by atoms with Gasteiger partial charge in [-0.25, -0.2) is 4.98 Å². The number of carbonyl (C=O) groups is 17. The maximum absolute atomic E-state index is 15.8. The van der Waals surface area contributed by atoms with Crippen LogP contribution < -0.4 is 70.0 Å². The standard InChI is InChI=1S/C93H131N23O18S/c1-10-12-32-73-86(127)104-64(31-23-36-98-55(6)94)82(123)111-72(81(122)101-48-78(96)119)50-135-51-79(120)103-68(40-56-25-15-14-16-26-56)89(130)112(7)54(5)80(121)107-70(44-77(95)118)92(133)116-38-24-35-75(116)88(129)106-66(43-59-47-97-52-102-59)84(125)108-67(39-53(3)4)91(132)115-37-22-21-34-74(115)87(128)105-65(41-57-45-99-62-29-19-17-27-60(57)62)83(124)110-71(49-117)85(126)109-69(42-58-46-100-63-30-20-18-28-61(58)63)90(131)114(9)76(33-13-11-2)93(134)113(73)8/h14-20,25-30,45-47,52-54,64-76,99-100,117H,10-13,21-24,31-44,48-51H2,1-9H3,(H2,94,98)(H2,95,118)(H2,96,119)(H,97,102)(H,101,122)(H,103,120)(H,104,127)(H,105,128)(H,106,129)(H,107,121)(H,108,125)(H,109,126)(H,110,124)(H,111,123). The third kappa shape index (κ3) is 29.9. The van der Waals surface area contributed by atoms with Crippen LogP contribution in [-0.2, 0) is 107 Å². The number of amidine groups is 1. The highest BCUT2D eigenvalue weighted by Crippen LogP contribution is 2.28. The predicted octanol–water partition coefficient (Wildman–Crippen LogP) is -0.111. The molecule has 0 aliphatic carbocycles. The van der Waals surface area contributed by atoms with E-state index in [0.29, 0.717) is 82.7 Å². The number of rotatable bonds is 26. The van der Waals surface area contributed by atoms with Gasteiger partial charge < -0.3 is 115 Å². The number of unbranched alkanes of at least 4 members (excludes halogenated alkanes) is 2. The van der Waals surface area contributed by atoms with Gasteiger partial charge in [-0.3, -0.25) is 86.9 Å². The third-order valence-corrected chi connectivity index (χ3v) is 25.6. The summed E-state index contributed by atoms with van der Waals surface area (Å²) in [6, 6.07) is 1.99. The average molecular weight is 1890 g/mol. The Labute approximate surface area is 787 Å². The largest absolute Gasteiger partial charge is 0.394 e. The fraction of sp³-hybridized carbons (Fsp3) is 0.538. The summed E-state index contributed by atoms with van der Waals surface area (Å²) in [5.74, 6) is -16.1. The molecule has 14 atom stereocenters. The van der Waals surface area contributed by atoms with E-state index in [4.69, 9.17) is 16.9 Å². The number of primary amides is 2. The maximum atomic E-state index is 15.8. The van der Waals surface area contributed by atoms with E-state index in [1.807, 2.05) is 27.7 Å². The minimum absolute atomic E-state index is 0.00370. The zero-order valence-electron chi connectivity index (χ0n) is 78.0. The Morgan fingerprint density at radius 3 is 1.61 bits per heavy atom. The minimum Gasteiger partial charge on any atom is -0.394 e. The van der Waals surface area contributed by atoms with E-state index < -0.39 is 216 Å². The van der Waals surface area contributed by atoms with Crippen LogP contribution in [0.1, 0.15) is 160 Å². The first kappa shape index (κ1) is 105. The molecule has 3 aliphatic heterocycles. The minimum atomic E-state index is -1.84. The SMILES string of the molecule is CCCCC1C(=O)N(C)C(CCCC)C(=O)NC(CCCNC(C)=N)C(=O)NC(C(=O)NCC(N)=O)CSCC(=O)NC(Cc2ccccc2)C(=O)N(C)C(C)C(=O)NC(CC(N)=O)C(=O)N2CCCC2C(=O)NC(Cc2cnc[nH]2)C(=O)NC(CC(C)C)C(=O)N2CCCCC2C(=O)NC(Cc2c[nH]c3ccccc23)C(=O)NC(CO)C(=O)NC(Cc2c[nH]c3ccccc23)C(=O)N1C. The van der Waals surface area contributed by atoms with Gasteiger partial charge in [0.15, 0.2) is 0 Å². The molecule has 732 valence electrons. The lowest BCUT2D eigenvalue weighted by molar-refractivity contribution is -0.149. The number of thioether (sulfide) groups is 1. The molecule has 0 spiro atoms. The van der Waals surface area contributed by atoms with Crippen molar-refractivity contribution in [3.8, 4) is 0 Å². The number of aliphatic hydroxyl groups excluding tert-OH is 1. The van der Waals surface area contributed by atoms with Crippen molar-refractivity contribution in [3.63, 3.8) is 0 Å². The molecule has 14 unspecified atom stereocenters. The molecule has 6 aromatic rings. The van der Waals surface area contributed by atoms with Gasteiger partial charge in [-0.1, -0.05) is 120 Å². The Balaban J connectivity index is 1.10. The number of nitrogens with one attached hydrogen (secondary N) is 15. The van der Waals surface area contributed by atoms with E-state index in [9.17, 15) is 48.3 Å². The average Bonchev–Trinajstić information content (AvgIpc) is 1.10. The maximum Gasteiger partial charge on any atom is 0.246 e. The first-order valence-corrected chi connectivity index (χ1v) is 47.2. The van der Waals surface area contributed by atoms with Gasteiger partial charge in [-0.15, -0.1) is 11.8 Å². The number of piperidine rings is 1. The van der Waals surface area contributed by atoms with Crippen molar-refractivity contribution in [2.75, 3.05) is 65.4 Å². The van der Waals surface area contributed by atoms with Crippen LogP contribution in [0.25, 0.3) is 21.8 Å². The molecular formula is C93H131N23O18S. The van der Waals surface area contributed by atoms with Crippen LogP contribution in [0.5, 0.6) is 0 Å². The number of benzene rings is 3. The summed E-state index contributed by atoms with van der Waals surface area (Å²) in [5.41, 5.74) is 14.5. The van der Waals surface area contributed by atoms with E-state index in [0.717, 1.165) is 21.6 Å². The van der Waals surface area contributed by atoms with Crippen molar-refractivity contribution >= 4 is 140 Å². The second-order valence-corrected chi connectivity index (χ2v) is 36.2. The van der Waals surface area contributed by atoms with Crippen molar-refractivity contribution in [3.05, 3.63) is 126 Å². The molecule has 42 heteroatoms. The Bertz CT molecular complexity index is 5170. The van der Waals surface area contributed by atoms with E-state index in [1.54, 1.807) is 91.3 Å². The summed E-state index contributed by atoms with van der Waals surface area (Å²) in [5, 5.41) is 50.6. The molecule has 3 aromatic heterocycles. The number of carbonyl (C=O) groups excluding carboxylic acids is 17. The quantitative estimate of drug-likeness (QED) is 0.0191. The van der Waals surface area contributed by atoms with Crippen molar-refractivity contribution in [1.29, 1.82) is 5.41 Å². The van der Waals surface area contributed by atoms with E-state index in [1.165, 1.54) is 62.2 Å². The molecule has 20 N–H and O–H groups in total. The molecule has 0 saturated carbocycles. The summed E-state index contributed by atoms with van der Waals surface area (Å²) in [6.07, 6.45) is 7.33. The number of likely N-dealkylation sites (N-methyl/N-ethyl adjacent to an activating group) is 3. The lowest BCUT2D eigenvalue weighted by atomic mass is 9.96. The van der Waals surface area contributed by atoms with Crippen LogP contribution >= 0.6 is 11.8 Å². The highest BCUT2D eigenvalue weighted by atomic mass is 32.2. The molecule has 3 saturated heterocycles. The third-order valence-electron chi connectivity index (χ3n) is 24.5. The van der Waals surface area contributed by atoms with Gasteiger partial charge in [0.2, 0.25) is 100 Å². The van der Waals surface area contributed by atoms with Gasteiger partial charge >= 0.3 is 0 Å². The number of hydrogen-bond acceptors (Lipinski definition) is 21. The van der Waals surface area contributed by atoms with E-state index in [2.05, 4.69) is 78.4 Å². The second-order valence-electron chi connectivity index (χ2n) is 35.2. The van der Waals surface area contributed by atoms with Crippen LogP contribution in [0, 0.1) is 11.3 Å². The number of para-hydroxylation sites is 2. The van der Waals surface area contributed by atoms with Crippen molar-refractivity contribution < 1.29 is 86.6 Å². The monoisotopic (exact) mass is 1890 g/mol. The zero-order chi connectivity index (χ0) is 98.3. The lowest BCUT2D eigenvalue weighted by Gasteiger charge is -2.38. The van der Waals surface area contributed by atoms with Gasteiger partial charge in [-0.2, -0.15) is 0 Å². The second kappa shape index (κ2) is 51.3. The Hall–Kier alpha value is -13.3. The molecule has 6 heterocycles. The van der Waals surface area contributed by atoms with Crippen molar-refractivity contribution in [2.45, 2.75) is 248 Å². The molecule has 3 aliphatic rings. The molecule has 3 fully saturated rings. The molecule has 0 radical (unpaired) electrons. The molecule has 3 aromatic carbocycles. The summed E-state index contributed by atoms with van der Waals surface area (Å²) >= 11 is 0.812. The van der Waals surface area contributed by atoms with Crippen molar-refractivity contribution in [1.82, 2.24) is 103 Å². The smallest absolute Gasteiger partial charge is 0.246 e. The topological polar surface area (TPSA) is 595 Å². The molecule has 41 nitrogen and oxygen atoms in total. The fourth-order valence-electron chi connectivity index (χ4n) is 17.0. The summed E-state index contributed by atoms with van der Waals surface area (Å²) in [6.45, 7) is 8.44. The summed E-state index contributed by atoms with van der Waals surface area (Å²) in [7, 11) is 4.02. The van der Waals surface area contributed by atoms with Crippen LogP contribution in [0.15, 0.2) is 104 Å². The molecule has 135 heavy (non-hydrogen) atoms. The highest BCUT2D eigenvalue weighted by molar-refractivity contribution is 8.00. The molecular weight excluding hydrogens is 1760 g/mol. The number of fused-ring (bicyclic) bond motifs is 4. The molecule has 9 rings (SSSR count). The Morgan fingerprint density at radius 1 is 0.519 bits per heavy atom. The molecule has 0 bridgehead atoms. The Morgan fingerprint density at radius 2 is 1.03 bits per heavy atom.